The van der Waals surface area contributed by atoms with Gasteiger partial charge in [-0.05, 0) is 44.2 Å². The van der Waals surface area contributed by atoms with Gasteiger partial charge >= 0.3 is 12.0 Å². The molecule has 0 spiro atoms. The van der Waals surface area contributed by atoms with Crippen molar-refractivity contribution in [3.63, 3.8) is 0 Å². The molecule has 1 aliphatic rings. The Morgan fingerprint density at radius 2 is 1.76 bits per heavy atom. The Bertz CT molecular complexity index is 1110. The second-order valence-corrected chi connectivity index (χ2v) is 7.47. The minimum Gasteiger partial charge on any atom is -0.493 e. The molecular weight excluding hydrogens is 440 g/mol. The molecule has 2 aromatic carbocycles. The summed E-state index contributed by atoms with van der Waals surface area (Å²) in [4.78, 5) is 38.8. The molecule has 9 nitrogen and oxygen atoms in total. The number of nitrogens with one attached hydrogen (secondary N) is 1. The Labute approximate surface area is 198 Å². The summed E-state index contributed by atoms with van der Waals surface area (Å²) in [5, 5.41) is 2.85. The van der Waals surface area contributed by atoms with Gasteiger partial charge in [0.2, 0.25) is 0 Å². The van der Waals surface area contributed by atoms with Gasteiger partial charge in [0.05, 0.1) is 38.1 Å². The second-order valence-electron chi connectivity index (χ2n) is 7.47. The number of amides is 2. The number of nitrogens with zero attached hydrogens (tertiary/aromatic N) is 1. The van der Waals surface area contributed by atoms with Crippen LogP contribution < -0.4 is 19.5 Å². The maximum absolute atomic E-state index is 13.1. The van der Waals surface area contributed by atoms with Gasteiger partial charge in [0, 0.05) is 18.2 Å². The van der Waals surface area contributed by atoms with Crippen LogP contribution in [-0.2, 0) is 9.53 Å². The Hall–Kier alpha value is -4.01. The van der Waals surface area contributed by atoms with Crippen LogP contribution in [0.15, 0.2) is 53.7 Å². The summed E-state index contributed by atoms with van der Waals surface area (Å²) in [6, 6.07) is 10.6. The predicted molar refractivity (Wildman–Crippen MR) is 124 cm³/mol. The van der Waals surface area contributed by atoms with Crippen LogP contribution in [0.2, 0.25) is 0 Å². The van der Waals surface area contributed by atoms with Crippen molar-refractivity contribution < 1.29 is 33.3 Å². The summed E-state index contributed by atoms with van der Waals surface area (Å²) >= 11 is 0. The molecule has 1 aliphatic heterocycles. The Kier molecular flexibility index (Phi) is 7.78. The van der Waals surface area contributed by atoms with Gasteiger partial charge in [0.1, 0.15) is 12.4 Å². The molecular formula is C25H28N2O7. The summed E-state index contributed by atoms with van der Waals surface area (Å²) in [5.41, 5.74) is 1.65. The predicted octanol–water partition coefficient (Wildman–Crippen LogP) is 3.50. The van der Waals surface area contributed by atoms with E-state index in [9.17, 15) is 14.4 Å². The molecule has 0 saturated heterocycles. The Morgan fingerprint density at radius 1 is 1.06 bits per heavy atom. The van der Waals surface area contributed by atoms with Gasteiger partial charge in [0.25, 0.3) is 0 Å². The average Bonchev–Trinajstić information content (AvgIpc) is 2.84. The third-order valence-electron chi connectivity index (χ3n) is 5.45. The molecule has 0 aliphatic carbocycles. The van der Waals surface area contributed by atoms with Gasteiger partial charge in [-0.3, -0.25) is 9.69 Å². The molecule has 0 bridgehead atoms. The zero-order valence-corrected chi connectivity index (χ0v) is 19.8. The first kappa shape index (κ1) is 24.6. The number of Topliss-reactive ketones (excluding diaryl/α,β-unsaturated/α-hetero) is 1. The number of hydrogen-bond donors (Lipinski definition) is 1. The molecule has 2 amide bonds. The zero-order chi connectivity index (χ0) is 24.8. The van der Waals surface area contributed by atoms with E-state index in [4.69, 9.17) is 18.9 Å². The summed E-state index contributed by atoms with van der Waals surface area (Å²) in [7, 11) is 4.54. The first-order chi connectivity index (χ1) is 16.3. The number of para-hydroxylation sites is 1. The molecule has 1 N–H and O–H groups in total. The molecule has 0 fully saturated rings. The van der Waals surface area contributed by atoms with Crippen LogP contribution in [-0.4, -0.2) is 57.2 Å². The van der Waals surface area contributed by atoms with Crippen molar-refractivity contribution in [1.82, 2.24) is 10.2 Å². The molecule has 0 aromatic heterocycles. The SMILES string of the molecule is CCOC(=O)C1=C(COc2ccc(C(C)=O)cc2)N(C)C(=O)N[C@@H]1c1cccc(OC)c1OC. The highest BCUT2D eigenvalue weighted by molar-refractivity contribution is 5.95. The van der Waals surface area contributed by atoms with Crippen LogP contribution in [0, 0.1) is 0 Å². The van der Waals surface area contributed by atoms with Crippen LogP contribution in [0.25, 0.3) is 0 Å². The monoisotopic (exact) mass is 468 g/mol. The maximum atomic E-state index is 13.1. The number of rotatable bonds is 9. The van der Waals surface area contributed by atoms with Crippen molar-refractivity contribution in [1.29, 1.82) is 0 Å². The minimum atomic E-state index is -0.855. The topological polar surface area (TPSA) is 103 Å². The lowest BCUT2D eigenvalue weighted by Crippen LogP contribution is -2.48. The van der Waals surface area contributed by atoms with Gasteiger partial charge in [-0.15, -0.1) is 0 Å². The summed E-state index contributed by atoms with van der Waals surface area (Å²) in [6.07, 6.45) is 0. The molecule has 9 heteroatoms. The second kappa shape index (κ2) is 10.7. The van der Waals surface area contributed by atoms with Crippen molar-refractivity contribution in [2.75, 3.05) is 34.5 Å². The quantitative estimate of drug-likeness (QED) is 0.444. The smallest absolute Gasteiger partial charge is 0.338 e. The highest BCUT2D eigenvalue weighted by atomic mass is 16.5. The number of likely N-dealkylation sites (N-methyl/N-ethyl adjacent to an activating group) is 1. The van der Waals surface area contributed by atoms with Crippen LogP contribution in [0.4, 0.5) is 4.79 Å². The molecule has 1 atom stereocenters. The van der Waals surface area contributed by atoms with E-state index in [1.807, 2.05) is 0 Å². The van der Waals surface area contributed by atoms with Crippen molar-refractivity contribution in [3.05, 3.63) is 64.9 Å². The Morgan fingerprint density at radius 3 is 2.35 bits per heavy atom. The third-order valence-corrected chi connectivity index (χ3v) is 5.45. The number of esters is 1. The lowest BCUT2D eigenvalue weighted by molar-refractivity contribution is -0.139. The van der Waals surface area contributed by atoms with E-state index in [0.717, 1.165) is 0 Å². The van der Waals surface area contributed by atoms with Gasteiger partial charge < -0.3 is 24.3 Å². The summed E-state index contributed by atoms with van der Waals surface area (Å²) in [6.45, 7) is 3.26. The van der Waals surface area contributed by atoms with Gasteiger partial charge in [0.15, 0.2) is 17.3 Å². The largest absolute Gasteiger partial charge is 0.493 e. The maximum Gasteiger partial charge on any atom is 0.338 e. The van der Waals surface area contributed by atoms with Gasteiger partial charge in [-0.25, -0.2) is 9.59 Å². The number of methoxy groups -OCH3 is 2. The van der Waals surface area contributed by atoms with Crippen molar-refractivity contribution in [2.24, 2.45) is 0 Å². The molecule has 0 radical (unpaired) electrons. The van der Waals surface area contributed by atoms with E-state index in [1.165, 1.54) is 26.0 Å². The lowest BCUT2D eigenvalue weighted by atomic mass is 9.93. The van der Waals surface area contributed by atoms with Gasteiger partial charge in [-0.1, -0.05) is 12.1 Å². The van der Waals surface area contributed by atoms with Crippen LogP contribution in [0.5, 0.6) is 17.2 Å². The summed E-state index contributed by atoms with van der Waals surface area (Å²) in [5.74, 6) is 0.685. The van der Waals surface area contributed by atoms with Crippen LogP contribution in [0.1, 0.15) is 35.8 Å². The highest BCUT2D eigenvalue weighted by Crippen LogP contribution is 2.40. The highest BCUT2D eigenvalue weighted by Gasteiger charge is 2.38. The van der Waals surface area contributed by atoms with E-state index >= 15 is 0 Å². The van der Waals surface area contributed by atoms with Crippen molar-refractivity contribution in [3.8, 4) is 17.2 Å². The average molecular weight is 469 g/mol. The fourth-order valence-corrected chi connectivity index (χ4v) is 3.69. The van der Waals surface area contributed by atoms with E-state index < -0.39 is 18.0 Å². The molecule has 0 unspecified atom stereocenters. The molecule has 3 rings (SSSR count). The van der Waals surface area contributed by atoms with E-state index in [0.29, 0.717) is 34.1 Å². The number of ether oxygens (including phenoxy) is 4. The molecule has 34 heavy (non-hydrogen) atoms. The number of hydrogen-bond acceptors (Lipinski definition) is 7. The van der Waals surface area contributed by atoms with E-state index in [-0.39, 0.29) is 24.6 Å². The standard InChI is InChI=1S/C25H28N2O7/c1-6-33-24(29)21-19(14-34-17-12-10-16(11-13-17)15(2)28)27(3)25(30)26-22(21)18-8-7-9-20(31-4)23(18)32-5/h7-13,22H,6,14H2,1-5H3,(H,26,30)/t22-/m1/s1. The summed E-state index contributed by atoms with van der Waals surface area (Å²) < 4.78 is 22.2. The fourth-order valence-electron chi connectivity index (χ4n) is 3.69. The minimum absolute atomic E-state index is 0.0578. The van der Waals surface area contributed by atoms with E-state index in [2.05, 4.69) is 5.32 Å². The number of ketones is 1. The number of carbonyl (C=O) groups excluding carboxylic acids is 3. The molecule has 0 saturated carbocycles. The first-order valence-corrected chi connectivity index (χ1v) is 10.7. The number of carbonyl (C=O) groups is 3. The van der Waals surface area contributed by atoms with Crippen LogP contribution in [0.3, 0.4) is 0 Å². The van der Waals surface area contributed by atoms with E-state index in [1.54, 1.807) is 56.4 Å². The fraction of sp³-hybridized carbons (Fsp3) is 0.320. The third kappa shape index (κ3) is 4.98. The van der Waals surface area contributed by atoms with Crippen molar-refractivity contribution >= 4 is 17.8 Å². The number of benzene rings is 2. The van der Waals surface area contributed by atoms with Crippen LogP contribution >= 0.6 is 0 Å². The lowest BCUT2D eigenvalue weighted by Gasteiger charge is -2.35. The van der Waals surface area contributed by atoms with Gasteiger partial charge in [-0.2, -0.15) is 0 Å². The molecule has 180 valence electrons. The zero-order valence-electron chi connectivity index (χ0n) is 19.8. The molecule has 2 aromatic rings. The van der Waals surface area contributed by atoms with Crippen molar-refractivity contribution in [2.45, 2.75) is 19.9 Å². The molecule has 1 heterocycles. The number of urea groups is 1. The normalized spacial score (nSPS) is 15.5. The Balaban J connectivity index is 2.07. The first-order valence-electron chi connectivity index (χ1n) is 10.7.